The number of rotatable bonds is 12. The van der Waals surface area contributed by atoms with Crippen LogP contribution < -0.4 is 23.7 Å². The molecular formula is C34H45NO5. The molecular weight excluding hydrogens is 502 g/mol. The fourth-order valence-corrected chi connectivity index (χ4v) is 4.15. The van der Waals surface area contributed by atoms with Gasteiger partial charge in [-0.05, 0) is 60.0 Å². The van der Waals surface area contributed by atoms with E-state index in [1.54, 1.807) is 14.2 Å². The molecule has 0 bridgehead atoms. The van der Waals surface area contributed by atoms with Gasteiger partial charge in [-0.2, -0.15) is 0 Å². The average Bonchev–Trinajstić information content (AvgIpc) is 3.02. The van der Waals surface area contributed by atoms with Gasteiger partial charge in [0.15, 0.2) is 23.0 Å². The van der Waals surface area contributed by atoms with Gasteiger partial charge in [0, 0.05) is 17.8 Å². The molecule has 3 aromatic carbocycles. The van der Waals surface area contributed by atoms with Gasteiger partial charge in [0.1, 0.15) is 6.61 Å². The lowest BCUT2D eigenvalue weighted by Gasteiger charge is -2.17. The Hall–Kier alpha value is -3.93. The maximum Gasteiger partial charge on any atom is 0.203 e. The number of hydrogen-bond donors (Lipinski definition) is 0. The van der Waals surface area contributed by atoms with Crippen LogP contribution in [0.25, 0.3) is 10.8 Å². The molecule has 0 fully saturated rings. The van der Waals surface area contributed by atoms with Crippen LogP contribution in [0.4, 0.5) is 0 Å². The molecule has 40 heavy (non-hydrogen) atoms. The fraction of sp³-hybridized carbons (Fsp3) is 0.382. The third kappa shape index (κ3) is 8.28. The highest BCUT2D eigenvalue weighted by Crippen LogP contribution is 2.41. The van der Waals surface area contributed by atoms with Gasteiger partial charge in [-0.3, -0.25) is 4.98 Å². The molecule has 0 aliphatic rings. The van der Waals surface area contributed by atoms with Crippen LogP contribution in [0, 0.1) is 0 Å². The summed E-state index contributed by atoms with van der Waals surface area (Å²) in [5.74, 6) is 3.33. The first-order valence-electron chi connectivity index (χ1n) is 14.2. The maximum atomic E-state index is 6.30. The Bertz CT molecular complexity index is 1270. The largest absolute Gasteiger partial charge is 0.493 e. The predicted octanol–water partition coefficient (Wildman–Crippen LogP) is 8.66. The Balaban J connectivity index is 0.00000134. The van der Waals surface area contributed by atoms with Crippen molar-refractivity contribution >= 4 is 10.8 Å². The summed E-state index contributed by atoms with van der Waals surface area (Å²) in [5, 5.41) is 1.97. The summed E-state index contributed by atoms with van der Waals surface area (Å²) < 4.78 is 29.4. The van der Waals surface area contributed by atoms with Crippen molar-refractivity contribution in [1.82, 2.24) is 4.98 Å². The number of benzene rings is 3. The van der Waals surface area contributed by atoms with Crippen molar-refractivity contribution < 1.29 is 23.7 Å². The minimum Gasteiger partial charge on any atom is -0.493 e. The number of methoxy groups -OCH3 is 2. The highest BCUT2D eigenvalue weighted by molar-refractivity contribution is 5.92. The summed E-state index contributed by atoms with van der Waals surface area (Å²) in [5.41, 5.74) is 3.18. The van der Waals surface area contributed by atoms with Crippen molar-refractivity contribution in [2.75, 3.05) is 27.4 Å². The Morgan fingerprint density at radius 1 is 0.650 bits per heavy atom. The number of pyridine rings is 1. The van der Waals surface area contributed by atoms with Gasteiger partial charge in [-0.1, -0.05) is 71.0 Å². The summed E-state index contributed by atoms with van der Waals surface area (Å²) in [4.78, 5) is 4.55. The quantitative estimate of drug-likeness (QED) is 0.177. The van der Waals surface area contributed by atoms with E-state index in [4.69, 9.17) is 23.7 Å². The zero-order chi connectivity index (χ0) is 29.3. The first-order chi connectivity index (χ1) is 19.7. The molecule has 4 aromatic rings. The Kier molecular flexibility index (Phi) is 14.2. The van der Waals surface area contributed by atoms with Crippen LogP contribution >= 0.6 is 0 Å². The van der Waals surface area contributed by atoms with Crippen molar-refractivity contribution in [3.8, 4) is 28.7 Å². The normalized spacial score (nSPS) is 10.0. The maximum absolute atomic E-state index is 6.30. The van der Waals surface area contributed by atoms with Crippen LogP contribution in [0.1, 0.15) is 64.7 Å². The van der Waals surface area contributed by atoms with Crippen LogP contribution in [-0.4, -0.2) is 32.4 Å². The van der Waals surface area contributed by atoms with Gasteiger partial charge in [0.25, 0.3) is 0 Å². The number of nitrogens with zero attached hydrogens (tertiary/aromatic N) is 1. The van der Waals surface area contributed by atoms with E-state index in [9.17, 15) is 0 Å². The smallest absolute Gasteiger partial charge is 0.203 e. The zero-order valence-corrected chi connectivity index (χ0v) is 25.4. The van der Waals surface area contributed by atoms with Crippen molar-refractivity contribution in [3.63, 3.8) is 0 Å². The van der Waals surface area contributed by atoms with E-state index in [1.165, 1.54) is 0 Å². The van der Waals surface area contributed by atoms with E-state index in [0.717, 1.165) is 33.9 Å². The second-order valence-electron chi connectivity index (χ2n) is 8.35. The number of fused-ring (bicyclic) bond motifs is 1. The molecule has 0 unspecified atom stereocenters. The lowest BCUT2D eigenvalue weighted by molar-refractivity contribution is 0.272. The topological polar surface area (TPSA) is 59.0 Å². The van der Waals surface area contributed by atoms with Crippen molar-refractivity contribution in [2.24, 2.45) is 0 Å². The third-order valence-corrected chi connectivity index (χ3v) is 5.83. The number of ether oxygens (including phenoxy) is 5. The first-order valence-corrected chi connectivity index (χ1v) is 14.2. The standard InChI is InChI=1S/C30H33NO5.2C2H6/c1-5-14-35-30-27(32-3)16-22(17-28(30)33-4)15-23-18-31-19-25-24(23)12-13-26(34-6-2)29(25)36-20-21-10-8-7-9-11-21;2*1-2/h7-13,16-19H,5-6,14-15,20H2,1-4H3;2*1-2H3. The summed E-state index contributed by atoms with van der Waals surface area (Å²) in [6.07, 6.45) is 5.26. The van der Waals surface area contributed by atoms with Crippen LogP contribution in [0.5, 0.6) is 28.7 Å². The molecule has 6 nitrogen and oxygen atoms in total. The van der Waals surface area contributed by atoms with Gasteiger partial charge in [-0.25, -0.2) is 0 Å². The van der Waals surface area contributed by atoms with Gasteiger partial charge in [0.2, 0.25) is 5.75 Å². The molecule has 0 aliphatic heterocycles. The molecule has 0 saturated heterocycles. The minimum absolute atomic E-state index is 0.442. The van der Waals surface area contributed by atoms with Crippen LogP contribution in [0.15, 0.2) is 67.0 Å². The van der Waals surface area contributed by atoms with E-state index < -0.39 is 0 Å². The van der Waals surface area contributed by atoms with E-state index in [1.807, 2.05) is 95.5 Å². The SMILES string of the molecule is CC.CC.CCCOc1c(OC)cc(Cc2cncc3c(OCc4ccccc4)c(OCC)ccc23)cc1OC. The second-order valence-corrected chi connectivity index (χ2v) is 8.35. The molecule has 216 valence electrons. The van der Waals surface area contributed by atoms with Crippen LogP contribution in [0.3, 0.4) is 0 Å². The number of hydrogen-bond acceptors (Lipinski definition) is 6. The van der Waals surface area contributed by atoms with Crippen LogP contribution in [0.2, 0.25) is 0 Å². The average molecular weight is 548 g/mol. The Labute approximate surface area is 240 Å². The lowest BCUT2D eigenvalue weighted by Crippen LogP contribution is -2.03. The molecule has 0 atom stereocenters. The summed E-state index contributed by atoms with van der Waals surface area (Å²) in [6, 6.07) is 18.1. The molecule has 0 radical (unpaired) electrons. The fourth-order valence-electron chi connectivity index (χ4n) is 4.15. The van der Waals surface area contributed by atoms with Crippen molar-refractivity contribution in [1.29, 1.82) is 0 Å². The molecule has 1 aromatic heterocycles. The molecule has 0 saturated carbocycles. The minimum atomic E-state index is 0.442. The van der Waals surface area contributed by atoms with E-state index in [0.29, 0.717) is 55.0 Å². The third-order valence-electron chi connectivity index (χ3n) is 5.83. The zero-order valence-electron chi connectivity index (χ0n) is 25.4. The molecule has 0 amide bonds. The second kappa shape index (κ2) is 17.6. The van der Waals surface area contributed by atoms with Gasteiger partial charge in [-0.15, -0.1) is 0 Å². The molecule has 4 rings (SSSR count). The highest BCUT2D eigenvalue weighted by atomic mass is 16.5. The molecule has 0 spiro atoms. The van der Waals surface area contributed by atoms with Crippen molar-refractivity contribution in [3.05, 3.63) is 83.7 Å². The Morgan fingerprint density at radius 2 is 1.32 bits per heavy atom. The molecule has 6 heteroatoms. The lowest BCUT2D eigenvalue weighted by atomic mass is 9.99. The monoisotopic (exact) mass is 547 g/mol. The summed E-state index contributed by atoms with van der Waals surface area (Å²) >= 11 is 0. The summed E-state index contributed by atoms with van der Waals surface area (Å²) in [7, 11) is 3.28. The number of aromatic nitrogens is 1. The van der Waals surface area contributed by atoms with Crippen molar-refractivity contribution in [2.45, 2.75) is 61.0 Å². The highest BCUT2D eigenvalue weighted by Gasteiger charge is 2.17. The van der Waals surface area contributed by atoms with E-state index in [-0.39, 0.29) is 0 Å². The van der Waals surface area contributed by atoms with Gasteiger partial charge >= 0.3 is 0 Å². The van der Waals surface area contributed by atoms with Gasteiger partial charge in [0.05, 0.1) is 27.4 Å². The predicted molar refractivity (Wildman–Crippen MR) is 165 cm³/mol. The Morgan fingerprint density at radius 3 is 1.93 bits per heavy atom. The van der Waals surface area contributed by atoms with E-state index >= 15 is 0 Å². The first kappa shape index (κ1) is 32.3. The molecule has 1 heterocycles. The van der Waals surface area contributed by atoms with E-state index in [2.05, 4.69) is 18.0 Å². The van der Waals surface area contributed by atoms with Crippen LogP contribution in [-0.2, 0) is 13.0 Å². The van der Waals surface area contributed by atoms with Gasteiger partial charge < -0.3 is 23.7 Å². The molecule has 0 aliphatic carbocycles. The summed E-state index contributed by atoms with van der Waals surface area (Å²) in [6.45, 7) is 13.6. The molecule has 0 N–H and O–H groups in total.